The maximum absolute atomic E-state index is 11.6. The number of aromatic hydroxyl groups is 1. The molecule has 0 spiro atoms. The summed E-state index contributed by atoms with van der Waals surface area (Å²) in [6.45, 7) is 23.5. The van der Waals surface area contributed by atoms with Crippen molar-refractivity contribution in [1.82, 2.24) is 0 Å². The lowest BCUT2D eigenvalue weighted by molar-refractivity contribution is -0.295. The Labute approximate surface area is 329 Å². The number of phenolic OH excluding ortho intramolecular Hbond substituents is 1. The molecule has 0 heterocycles. The van der Waals surface area contributed by atoms with E-state index in [1.165, 1.54) is 11.1 Å². The highest BCUT2D eigenvalue weighted by Crippen LogP contribution is 2.23. The molecule has 1 amide bonds. The van der Waals surface area contributed by atoms with Gasteiger partial charge in [-0.15, -0.1) is 0 Å². The SMILES string of the molecule is CC(C)OCCOOCNc1ccc(NC(=O)OCCOC(C)C)cc1.CCC(C)c1ccc(O)cc1.CCC(C)c1ccc(OC(=O)OC(C)(C)C)cc1. The van der Waals surface area contributed by atoms with Gasteiger partial charge in [-0.1, -0.05) is 52.0 Å². The quantitative estimate of drug-likeness (QED) is 0.0284. The number of rotatable bonds is 18. The number of benzene rings is 3. The van der Waals surface area contributed by atoms with Crippen LogP contribution in [0.25, 0.3) is 0 Å². The van der Waals surface area contributed by atoms with Crippen LogP contribution in [0.15, 0.2) is 72.8 Å². The average Bonchev–Trinajstić information content (AvgIpc) is 3.13. The van der Waals surface area contributed by atoms with Gasteiger partial charge in [0.2, 0.25) is 0 Å². The fourth-order valence-electron chi connectivity index (χ4n) is 4.28. The third-order valence-electron chi connectivity index (χ3n) is 7.66. The summed E-state index contributed by atoms with van der Waals surface area (Å²) in [5, 5.41) is 14.7. The van der Waals surface area contributed by atoms with Crippen molar-refractivity contribution in [1.29, 1.82) is 0 Å². The Bertz CT molecular complexity index is 1440. The summed E-state index contributed by atoms with van der Waals surface area (Å²) in [7, 11) is 0. The fourth-order valence-corrected chi connectivity index (χ4v) is 4.28. The van der Waals surface area contributed by atoms with Gasteiger partial charge in [0.15, 0.2) is 6.73 Å². The van der Waals surface area contributed by atoms with Gasteiger partial charge in [-0.3, -0.25) is 5.32 Å². The summed E-state index contributed by atoms with van der Waals surface area (Å²) in [6, 6.07) is 22.1. The number of anilines is 2. The predicted molar refractivity (Wildman–Crippen MR) is 218 cm³/mol. The van der Waals surface area contributed by atoms with Crippen molar-refractivity contribution in [2.45, 2.75) is 119 Å². The van der Waals surface area contributed by atoms with Gasteiger partial charge in [0.05, 0.1) is 25.4 Å². The van der Waals surface area contributed by atoms with Crippen molar-refractivity contribution in [3.05, 3.63) is 83.9 Å². The number of hydrogen-bond donors (Lipinski definition) is 3. The number of carbonyl (C=O) groups excluding carboxylic acids is 2. The van der Waals surface area contributed by atoms with Gasteiger partial charge in [-0.2, -0.15) is 0 Å². The van der Waals surface area contributed by atoms with E-state index in [0.717, 1.165) is 18.5 Å². The Balaban J connectivity index is 0.000000449. The van der Waals surface area contributed by atoms with Gasteiger partial charge >= 0.3 is 12.2 Å². The van der Waals surface area contributed by atoms with Gasteiger partial charge in [0.25, 0.3) is 0 Å². The van der Waals surface area contributed by atoms with Crippen LogP contribution in [0.4, 0.5) is 21.0 Å². The molecule has 0 saturated carbocycles. The second-order valence-electron chi connectivity index (χ2n) is 14.3. The lowest BCUT2D eigenvalue weighted by Gasteiger charge is -2.18. The first-order valence-electron chi connectivity index (χ1n) is 19.1. The zero-order valence-electron chi connectivity index (χ0n) is 34.8. The van der Waals surface area contributed by atoms with E-state index in [-0.39, 0.29) is 25.5 Å². The molecule has 12 heteroatoms. The summed E-state index contributed by atoms with van der Waals surface area (Å²) in [4.78, 5) is 33.1. The first-order valence-corrected chi connectivity index (χ1v) is 19.1. The Morgan fingerprint density at radius 3 is 1.64 bits per heavy atom. The molecule has 0 radical (unpaired) electrons. The number of nitrogens with one attached hydrogen (secondary N) is 2. The minimum absolute atomic E-state index is 0.115. The van der Waals surface area contributed by atoms with E-state index >= 15 is 0 Å². The zero-order valence-corrected chi connectivity index (χ0v) is 34.8. The predicted octanol–water partition coefficient (Wildman–Crippen LogP) is 10.8. The molecule has 2 atom stereocenters. The number of carbonyl (C=O) groups is 2. The van der Waals surface area contributed by atoms with Crippen LogP contribution in [0.3, 0.4) is 0 Å². The topological polar surface area (TPSA) is 143 Å². The van der Waals surface area contributed by atoms with Crippen LogP contribution in [0.5, 0.6) is 11.5 Å². The zero-order chi connectivity index (χ0) is 41.2. The normalized spacial score (nSPS) is 12.0. The van der Waals surface area contributed by atoms with Gasteiger partial charge in [-0.05, 0) is 133 Å². The molecule has 2 unspecified atom stereocenters. The second kappa shape index (κ2) is 27.3. The lowest BCUT2D eigenvalue weighted by atomic mass is 9.99. The number of hydrogen-bond acceptors (Lipinski definition) is 11. The Morgan fingerprint density at radius 2 is 1.15 bits per heavy atom. The molecule has 3 aromatic rings. The van der Waals surface area contributed by atoms with Crippen molar-refractivity contribution in [2.24, 2.45) is 0 Å². The molecule has 0 fully saturated rings. The molecule has 0 aromatic heterocycles. The summed E-state index contributed by atoms with van der Waals surface area (Å²) >= 11 is 0. The molecule has 3 rings (SSSR count). The summed E-state index contributed by atoms with van der Waals surface area (Å²) in [5.74, 6) is 1.96. The number of phenols is 1. The highest BCUT2D eigenvalue weighted by atomic mass is 17.2. The minimum Gasteiger partial charge on any atom is -0.508 e. The van der Waals surface area contributed by atoms with Crippen molar-refractivity contribution in [3.8, 4) is 11.5 Å². The maximum atomic E-state index is 11.6. The third kappa shape index (κ3) is 24.6. The molecule has 55 heavy (non-hydrogen) atoms. The minimum atomic E-state index is -0.668. The largest absolute Gasteiger partial charge is 0.514 e. The van der Waals surface area contributed by atoms with Crippen molar-refractivity contribution in [3.63, 3.8) is 0 Å². The van der Waals surface area contributed by atoms with Gasteiger partial charge < -0.3 is 34.1 Å². The molecular weight excluding hydrogens is 704 g/mol. The number of amides is 1. The summed E-state index contributed by atoms with van der Waals surface area (Å²) < 4.78 is 25.8. The molecule has 0 saturated heterocycles. The Morgan fingerprint density at radius 1 is 0.655 bits per heavy atom. The molecule has 3 N–H and O–H groups in total. The van der Waals surface area contributed by atoms with E-state index in [1.807, 2.05) is 64.1 Å². The number of ether oxygens (including phenoxy) is 5. The van der Waals surface area contributed by atoms with E-state index in [2.05, 4.69) is 38.3 Å². The van der Waals surface area contributed by atoms with Crippen LogP contribution in [-0.2, 0) is 28.7 Å². The van der Waals surface area contributed by atoms with Gasteiger partial charge in [0.1, 0.15) is 30.3 Å². The molecule has 0 aliphatic rings. The van der Waals surface area contributed by atoms with Gasteiger partial charge in [0, 0.05) is 11.4 Å². The van der Waals surface area contributed by atoms with Crippen molar-refractivity contribution >= 4 is 23.6 Å². The maximum Gasteiger partial charge on any atom is 0.514 e. The molecule has 3 aromatic carbocycles. The van der Waals surface area contributed by atoms with Crippen LogP contribution in [0, 0.1) is 0 Å². The van der Waals surface area contributed by atoms with Crippen molar-refractivity contribution in [2.75, 3.05) is 43.8 Å². The molecule has 0 bridgehead atoms. The highest BCUT2D eigenvalue weighted by Gasteiger charge is 2.18. The standard InChI is InChI=1S/C18H30N2O6.C15H22O3.C10H14O/c1-14(2)22-9-10-24-18(21)20-17-7-5-16(6-8-17)19-13-26-25-12-11-23-15(3)4;1-6-11(2)12-7-9-13(10-8-12)17-14(16)18-15(3,4)5;1-3-8(2)9-4-6-10(11)7-5-9/h5-8,14-15,19H,9-13H2,1-4H3,(H,20,21);7-11H,6H2,1-5H3;4-8,11H,3H2,1-2H3. The smallest absolute Gasteiger partial charge is 0.508 e. The van der Waals surface area contributed by atoms with Crippen LogP contribution in [0.1, 0.15) is 112 Å². The van der Waals surface area contributed by atoms with Crippen LogP contribution in [0.2, 0.25) is 0 Å². The Kier molecular flexibility index (Phi) is 24.1. The van der Waals surface area contributed by atoms with E-state index in [9.17, 15) is 9.59 Å². The summed E-state index contributed by atoms with van der Waals surface area (Å²) in [6.07, 6.45) is 1.34. The van der Waals surface area contributed by atoms with Crippen molar-refractivity contribution < 1.29 is 48.2 Å². The third-order valence-corrected chi connectivity index (χ3v) is 7.66. The van der Waals surface area contributed by atoms with Crippen LogP contribution in [-0.4, -0.2) is 68.3 Å². The molecule has 0 aliphatic carbocycles. The van der Waals surface area contributed by atoms with Crippen LogP contribution < -0.4 is 15.4 Å². The monoisotopic (exact) mass is 770 g/mol. The summed E-state index contributed by atoms with van der Waals surface area (Å²) in [5.41, 5.74) is 3.47. The average molecular weight is 771 g/mol. The second-order valence-corrected chi connectivity index (χ2v) is 14.3. The van der Waals surface area contributed by atoms with E-state index in [0.29, 0.717) is 48.8 Å². The molecule has 12 nitrogen and oxygen atoms in total. The lowest BCUT2D eigenvalue weighted by Crippen LogP contribution is -2.25. The first kappa shape index (κ1) is 48.7. The van der Waals surface area contributed by atoms with E-state index in [1.54, 1.807) is 57.2 Å². The van der Waals surface area contributed by atoms with Crippen LogP contribution >= 0.6 is 0 Å². The molecule has 0 aliphatic heterocycles. The first-order chi connectivity index (χ1) is 26.0. The molecular formula is C43H66N2O10. The molecule has 308 valence electrons. The van der Waals surface area contributed by atoms with Gasteiger partial charge in [-0.25, -0.2) is 19.4 Å². The highest BCUT2D eigenvalue weighted by molar-refractivity contribution is 5.84. The Hall–Kier alpha value is -4.36. The van der Waals surface area contributed by atoms with E-state index in [4.69, 9.17) is 38.6 Å². The van der Waals surface area contributed by atoms with E-state index < -0.39 is 17.8 Å². The fraction of sp³-hybridized carbons (Fsp3) is 0.535.